The molecule has 3 aromatic rings. The van der Waals surface area contributed by atoms with Crippen LogP contribution in [0, 0.1) is 0 Å². The summed E-state index contributed by atoms with van der Waals surface area (Å²) in [7, 11) is 0. The third-order valence-corrected chi connectivity index (χ3v) is 4.41. The zero-order valence-corrected chi connectivity index (χ0v) is 13.0. The minimum atomic E-state index is -0.592. The fourth-order valence-electron chi connectivity index (χ4n) is 3.26. The zero-order chi connectivity index (χ0) is 16.5. The number of para-hydroxylation sites is 1. The van der Waals surface area contributed by atoms with Crippen LogP contribution in [-0.2, 0) is 0 Å². The van der Waals surface area contributed by atoms with Crippen molar-refractivity contribution >= 4 is 16.9 Å². The second kappa shape index (κ2) is 5.92. The van der Waals surface area contributed by atoms with Crippen LogP contribution in [0.5, 0.6) is 0 Å². The van der Waals surface area contributed by atoms with Gasteiger partial charge in [-0.2, -0.15) is 0 Å². The summed E-state index contributed by atoms with van der Waals surface area (Å²) in [6.45, 7) is 0.617. The minimum Gasteiger partial charge on any atom is -0.422 e. The summed E-state index contributed by atoms with van der Waals surface area (Å²) in [5.74, 6) is -0.289. The molecule has 1 fully saturated rings. The summed E-state index contributed by atoms with van der Waals surface area (Å²) in [6, 6.07) is 14.4. The molecule has 1 aliphatic rings. The average molecular weight is 320 g/mol. The highest BCUT2D eigenvalue weighted by atomic mass is 16.4. The predicted molar refractivity (Wildman–Crippen MR) is 89.7 cm³/mol. The Bertz CT molecular complexity index is 949. The summed E-state index contributed by atoms with van der Waals surface area (Å²) in [6.07, 6.45) is 3.47. The smallest absolute Gasteiger partial charge is 0.349 e. The van der Waals surface area contributed by atoms with E-state index < -0.39 is 5.63 Å². The van der Waals surface area contributed by atoms with Gasteiger partial charge in [0, 0.05) is 18.1 Å². The maximum Gasteiger partial charge on any atom is 0.349 e. The molecule has 0 unspecified atom stereocenters. The minimum absolute atomic E-state index is 0.0801. The normalized spacial score (nSPS) is 17.3. The lowest BCUT2D eigenvalue weighted by Crippen LogP contribution is -2.34. The summed E-state index contributed by atoms with van der Waals surface area (Å²) >= 11 is 0. The molecule has 5 nitrogen and oxygen atoms in total. The van der Waals surface area contributed by atoms with E-state index in [9.17, 15) is 9.59 Å². The lowest BCUT2D eigenvalue weighted by atomic mass is 10.1. The van der Waals surface area contributed by atoms with Crippen LogP contribution >= 0.6 is 0 Å². The number of fused-ring (bicyclic) bond motifs is 1. The van der Waals surface area contributed by atoms with Gasteiger partial charge in [0.1, 0.15) is 11.1 Å². The Morgan fingerprint density at radius 2 is 2.00 bits per heavy atom. The molecule has 0 saturated carbocycles. The molecule has 4 rings (SSSR count). The molecule has 24 heavy (non-hydrogen) atoms. The van der Waals surface area contributed by atoms with Gasteiger partial charge in [0.15, 0.2) is 0 Å². The fourth-order valence-corrected chi connectivity index (χ4v) is 3.26. The van der Waals surface area contributed by atoms with Crippen LogP contribution in [0.1, 0.15) is 34.9 Å². The number of hydrogen-bond acceptors (Lipinski definition) is 4. The number of hydrogen-bond donors (Lipinski definition) is 0. The molecular weight excluding hydrogens is 304 g/mol. The van der Waals surface area contributed by atoms with Crippen molar-refractivity contribution in [1.29, 1.82) is 0 Å². The van der Waals surface area contributed by atoms with Gasteiger partial charge in [0.05, 0.1) is 11.7 Å². The number of rotatable bonds is 2. The van der Waals surface area contributed by atoms with Crippen LogP contribution in [0.2, 0.25) is 0 Å². The van der Waals surface area contributed by atoms with Crippen molar-refractivity contribution in [2.24, 2.45) is 0 Å². The molecule has 120 valence electrons. The summed E-state index contributed by atoms with van der Waals surface area (Å²) < 4.78 is 5.30. The van der Waals surface area contributed by atoms with E-state index in [4.69, 9.17) is 4.42 Å². The maximum absolute atomic E-state index is 12.9. The first-order valence-corrected chi connectivity index (χ1v) is 7.99. The highest BCUT2D eigenvalue weighted by Crippen LogP contribution is 2.31. The van der Waals surface area contributed by atoms with Gasteiger partial charge < -0.3 is 9.32 Å². The quantitative estimate of drug-likeness (QED) is 0.680. The van der Waals surface area contributed by atoms with Crippen LogP contribution < -0.4 is 5.63 Å². The van der Waals surface area contributed by atoms with Gasteiger partial charge in [-0.15, -0.1) is 0 Å². The molecule has 1 aliphatic heterocycles. The first-order valence-electron chi connectivity index (χ1n) is 7.99. The van der Waals surface area contributed by atoms with Gasteiger partial charge in [-0.3, -0.25) is 9.78 Å². The molecule has 1 atom stereocenters. The third-order valence-electron chi connectivity index (χ3n) is 4.41. The molecule has 0 bridgehead atoms. The number of nitrogens with zero attached hydrogens (tertiary/aromatic N) is 2. The van der Waals surface area contributed by atoms with Crippen LogP contribution in [0.3, 0.4) is 0 Å². The number of amides is 1. The topological polar surface area (TPSA) is 63.4 Å². The molecular formula is C19H16N2O3. The largest absolute Gasteiger partial charge is 0.422 e. The SMILES string of the molecule is O=C(c1cc2ccccc2oc1=O)N1CCC[C@H]1c1ccccn1. The second-order valence-corrected chi connectivity index (χ2v) is 5.90. The number of likely N-dealkylation sites (tertiary alicyclic amines) is 1. The highest BCUT2D eigenvalue weighted by Gasteiger charge is 2.32. The third kappa shape index (κ3) is 2.48. The molecule has 0 aliphatic carbocycles. The molecule has 2 aromatic heterocycles. The van der Waals surface area contributed by atoms with E-state index >= 15 is 0 Å². The van der Waals surface area contributed by atoms with Gasteiger partial charge in [-0.25, -0.2) is 4.79 Å². The van der Waals surface area contributed by atoms with Gasteiger partial charge in [0.2, 0.25) is 0 Å². The summed E-state index contributed by atoms with van der Waals surface area (Å²) in [5, 5.41) is 0.744. The molecule has 1 aromatic carbocycles. The monoisotopic (exact) mass is 320 g/mol. The molecule has 0 N–H and O–H groups in total. The first kappa shape index (κ1) is 14.6. The number of pyridine rings is 1. The van der Waals surface area contributed by atoms with Crippen molar-refractivity contribution in [2.75, 3.05) is 6.54 Å². The maximum atomic E-state index is 12.9. The second-order valence-electron chi connectivity index (χ2n) is 5.90. The van der Waals surface area contributed by atoms with Crippen molar-refractivity contribution in [2.45, 2.75) is 18.9 Å². The Kier molecular flexibility index (Phi) is 3.61. The Balaban J connectivity index is 1.73. The molecule has 3 heterocycles. The van der Waals surface area contributed by atoms with E-state index in [1.807, 2.05) is 30.3 Å². The number of carbonyl (C=O) groups excluding carboxylic acids is 1. The van der Waals surface area contributed by atoms with Gasteiger partial charge in [0.25, 0.3) is 5.91 Å². The van der Waals surface area contributed by atoms with E-state index in [1.54, 1.807) is 29.3 Å². The van der Waals surface area contributed by atoms with Crippen molar-refractivity contribution in [3.8, 4) is 0 Å². The number of carbonyl (C=O) groups is 1. The van der Waals surface area contributed by atoms with E-state index in [0.717, 1.165) is 23.9 Å². The molecule has 1 amide bonds. The van der Waals surface area contributed by atoms with Crippen molar-refractivity contribution < 1.29 is 9.21 Å². The van der Waals surface area contributed by atoms with Crippen molar-refractivity contribution in [1.82, 2.24) is 9.88 Å². The Labute approximate surface area is 138 Å². The lowest BCUT2D eigenvalue weighted by molar-refractivity contribution is 0.0729. The fraction of sp³-hybridized carbons (Fsp3) is 0.211. The first-order chi connectivity index (χ1) is 11.7. The molecule has 1 saturated heterocycles. The highest BCUT2D eigenvalue weighted by molar-refractivity contribution is 5.97. The van der Waals surface area contributed by atoms with Crippen LogP contribution in [0.25, 0.3) is 11.0 Å². The van der Waals surface area contributed by atoms with Crippen LogP contribution in [0.4, 0.5) is 0 Å². The van der Waals surface area contributed by atoms with Crippen LogP contribution in [-0.4, -0.2) is 22.3 Å². The lowest BCUT2D eigenvalue weighted by Gasteiger charge is -2.24. The Morgan fingerprint density at radius 3 is 2.83 bits per heavy atom. The van der Waals surface area contributed by atoms with E-state index in [1.165, 1.54) is 0 Å². The number of benzene rings is 1. The standard InChI is InChI=1S/C19H16N2O3/c22-18(14-12-13-6-1-2-9-17(13)24-19(14)23)21-11-5-8-16(21)15-7-3-4-10-20-15/h1-4,6-7,9-10,12,16H,5,8,11H2/t16-/m0/s1. The predicted octanol–water partition coefficient (Wildman–Crippen LogP) is 3.17. The van der Waals surface area contributed by atoms with E-state index in [-0.39, 0.29) is 17.5 Å². The zero-order valence-electron chi connectivity index (χ0n) is 13.0. The molecule has 0 spiro atoms. The Hall–Kier alpha value is -2.95. The van der Waals surface area contributed by atoms with Gasteiger partial charge in [-0.1, -0.05) is 24.3 Å². The van der Waals surface area contributed by atoms with Crippen LogP contribution in [0.15, 0.2) is 63.9 Å². The summed E-state index contributed by atoms with van der Waals surface area (Å²) in [5.41, 5.74) is 0.831. The number of aromatic nitrogens is 1. The van der Waals surface area contributed by atoms with Gasteiger partial charge >= 0.3 is 5.63 Å². The molecule has 0 radical (unpaired) electrons. The molecule has 5 heteroatoms. The van der Waals surface area contributed by atoms with Crippen molar-refractivity contribution in [3.63, 3.8) is 0 Å². The van der Waals surface area contributed by atoms with E-state index in [0.29, 0.717) is 12.1 Å². The average Bonchev–Trinajstić information content (AvgIpc) is 3.11. The van der Waals surface area contributed by atoms with Gasteiger partial charge in [-0.05, 0) is 37.1 Å². The van der Waals surface area contributed by atoms with Crippen molar-refractivity contribution in [3.05, 3.63) is 76.4 Å². The summed E-state index contributed by atoms with van der Waals surface area (Å²) in [4.78, 5) is 31.3. The van der Waals surface area contributed by atoms with E-state index in [2.05, 4.69) is 4.98 Å². The Morgan fingerprint density at radius 1 is 1.17 bits per heavy atom.